The van der Waals surface area contributed by atoms with Crippen LogP contribution in [0.1, 0.15) is 11.1 Å². The lowest BCUT2D eigenvalue weighted by Gasteiger charge is -2.15. The normalized spacial score (nSPS) is 13.6. The van der Waals surface area contributed by atoms with E-state index in [4.69, 9.17) is 4.74 Å². The molecule has 2 nitrogen and oxygen atoms in total. The summed E-state index contributed by atoms with van der Waals surface area (Å²) in [7, 11) is 1.40. The first kappa shape index (κ1) is 23.4. The predicted molar refractivity (Wildman–Crippen MR) is 132 cm³/mol. The van der Waals surface area contributed by atoms with Crippen LogP contribution in [0.4, 0.5) is 0 Å². The van der Waals surface area contributed by atoms with Crippen molar-refractivity contribution < 1.29 is 9.53 Å². The predicted octanol–water partition coefficient (Wildman–Crippen LogP) is 6.98. The Morgan fingerprint density at radius 2 is 1.39 bits per heavy atom. The highest BCUT2D eigenvalue weighted by Gasteiger charge is 2.20. The zero-order chi connectivity index (χ0) is 22.3. The maximum atomic E-state index is 12.9. The molecule has 2 aromatic carbocycles. The van der Waals surface area contributed by atoms with Crippen molar-refractivity contribution in [1.29, 1.82) is 0 Å². The molecule has 0 aliphatic rings. The summed E-state index contributed by atoms with van der Waals surface area (Å²) in [4.78, 5) is 12.9. The smallest absolute Gasteiger partial charge is 0.335 e. The SMILES string of the molecule is C=CC=CC(C=Cc1ccccc1)=C(C(=O)OC)C(C=CC=C)C=Cc1ccccc1. The van der Waals surface area contributed by atoms with Gasteiger partial charge in [0.25, 0.3) is 0 Å². The van der Waals surface area contributed by atoms with Gasteiger partial charge in [-0.05, 0) is 16.7 Å². The second-order valence-electron chi connectivity index (χ2n) is 6.62. The van der Waals surface area contributed by atoms with Gasteiger partial charge in [0.1, 0.15) is 0 Å². The van der Waals surface area contributed by atoms with Crippen molar-refractivity contribution in [2.45, 2.75) is 0 Å². The van der Waals surface area contributed by atoms with Gasteiger partial charge in [-0.15, -0.1) is 0 Å². The number of hydrogen-bond acceptors (Lipinski definition) is 2. The number of methoxy groups -OCH3 is 1. The summed E-state index contributed by atoms with van der Waals surface area (Å²) in [6.45, 7) is 7.52. The van der Waals surface area contributed by atoms with Crippen molar-refractivity contribution in [3.8, 4) is 0 Å². The highest BCUT2D eigenvalue weighted by Crippen LogP contribution is 2.24. The van der Waals surface area contributed by atoms with E-state index in [2.05, 4.69) is 13.2 Å². The van der Waals surface area contributed by atoms with Gasteiger partial charge in [0, 0.05) is 5.92 Å². The molecule has 2 rings (SSSR count). The first-order valence-corrected chi connectivity index (χ1v) is 10.1. The third-order valence-corrected chi connectivity index (χ3v) is 4.47. The van der Waals surface area contributed by atoms with Gasteiger partial charge in [-0.3, -0.25) is 0 Å². The van der Waals surface area contributed by atoms with E-state index in [0.717, 1.165) is 16.7 Å². The van der Waals surface area contributed by atoms with Gasteiger partial charge in [0.2, 0.25) is 0 Å². The summed E-state index contributed by atoms with van der Waals surface area (Å²) in [6, 6.07) is 19.9. The molecular formula is C29H28O2. The highest BCUT2D eigenvalue weighted by molar-refractivity contribution is 5.92. The van der Waals surface area contributed by atoms with Crippen LogP contribution in [0, 0.1) is 5.92 Å². The van der Waals surface area contributed by atoms with Crippen molar-refractivity contribution in [3.63, 3.8) is 0 Å². The number of carbonyl (C=O) groups excluding carboxylic acids is 1. The van der Waals surface area contributed by atoms with Gasteiger partial charge in [0.05, 0.1) is 12.7 Å². The average molecular weight is 409 g/mol. The molecule has 0 heterocycles. The number of rotatable bonds is 10. The maximum absolute atomic E-state index is 12.9. The average Bonchev–Trinajstić information content (AvgIpc) is 2.82. The molecule has 0 amide bonds. The maximum Gasteiger partial charge on any atom is 0.335 e. The van der Waals surface area contributed by atoms with Gasteiger partial charge in [-0.2, -0.15) is 0 Å². The molecule has 2 aromatic rings. The molecule has 31 heavy (non-hydrogen) atoms. The van der Waals surface area contributed by atoms with Gasteiger partial charge >= 0.3 is 5.97 Å². The first-order valence-electron chi connectivity index (χ1n) is 10.1. The van der Waals surface area contributed by atoms with Gasteiger partial charge in [-0.1, -0.05) is 135 Å². The molecule has 0 spiro atoms. The molecule has 156 valence electrons. The van der Waals surface area contributed by atoms with E-state index in [9.17, 15) is 4.79 Å². The van der Waals surface area contributed by atoms with E-state index in [0.29, 0.717) is 5.57 Å². The lowest BCUT2D eigenvalue weighted by molar-refractivity contribution is -0.136. The van der Waals surface area contributed by atoms with Gasteiger partial charge < -0.3 is 4.74 Å². The Labute approximate surface area is 185 Å². The Morgan fingerprint density at radius 1 is 0.806 bits per heavy atom. The monoisotopic (exact) mass is 408 g/mol. The Balaban J connectivity index is 2.61. The minimum absolute atomic E-state index is 0.310. The molecule has 0 bridgehead atoms. The Morgan fingerprint density at radius 3 is 1.94 bits per heavy atom. The van der Waals surface area contributed by atoms with Crippen LogP contribution in [-0.2, 0) is 9.53 Å². The quantitative estimate of drug-likeness (QED) is 0.241. The fourth-order valence-corrected chi connectivity index (χ4v) is 2.95. The van der Waals surface area contributed by atoms with E-state index in [1.165, 1.54) is 7.11 Å². The van der Waals surface area contributed by atoms with E-state index in [1.807, 2.05) is 109 Å². The number of hydrogen-bond donors (Lipinski definition) is 0. The topological polar surface area (TPSA) is 26.3 Å². The molecule has 0 N–H and O–H groups in total. The second-order valence-corrected chi connectivity index (χ2v) is 6.62. The van der Waals surface area contributed by atoms with Crippen LogP contribution >= 0.6 is 0 Å². The number of carbonyl (C=O) groups is 1. The number of allylic oxidation sites excluding steroid dienone is 9. The summed E-state index contributed by atoms with van der Waals surface area (Å²) in [5.41, 5.74) is 3.35. The van der Waals surface area contributed by atoms with Crippen LogP contribution in [-0.4, -0.2) is 13.1 Å². The standard InChI is InChI=1S/C29H28O2/c1-4-6-18-26(22-20-24-14-10-8-11-15-24)28(29(30)31-3)27(19-7-5-2)23-21-25-16-12-9-13-17-25/h4-23,26H,1-2H2,3H3. The van der Waals surface area contributed by atoms with Crippen LogP contribution in [0.2, 0.25) is 0 Å². The third kappa shape index (κ3) is 7.79. The fraction of sp³-hybridized carbons (Fsp3) is 0.0690. The summed E-state index contributed by atoms with van der Waals surface area (Å²) >= 11 is 0. The van der Waals surface area contributed by atoms with Gasteiger partial charge in [0.15, 0.2) is 0 Å². The highest BCUT2D eigenvalue weighted by atomic mass is 16.5. The minimum Gasteiger partial charge on any atom is -0.466 e. The molecule has 0 aromatic heterocycles. The largest absolute Gasteiger partial charge is 0.466 e. The van der Waals surface area contributed by atoms with Crippen LogP contribution in [0.5, 0.6) is 0 Å². The number of benzene rings is 2. The van der Waals surface area contributed by atoms with Gasteiger partial charge in [-0.25, -0.2) is 4.79 Å². The minimum atomic E-state index is -0.391. The molecule has 2 heteroatoms. The molecule has 0 fully saturated rings. The summed E-state index contributed by atoms with van der Waals surface area (Å²) < 4.78 is 5.15. The molecule has 0 radical (unpaired) electrons. The van der Waals surface area contributed by atoms with Crippen LogP contribution in [0.25, 0.3) is 12.2 Å². The van der Waals surface area contributed by atoms with Crippen molar-refractivity contribution >= 4 is 18.1 Å². The zero-order valence-electron chi connectivity index (χ0n) is 17.9. The summed E-state index contributed by atoms with van der Waals surface area (Å²) in [6.07, 6.45) is 18.7. The van der Waals surface area contributed by atoms with E-state index in [1.54, 1.807) is 12.2 Å². The van der Waals surface area contributed by atoms with Crippen LogP contribution < -0.4 is 0 Å². The van der Waals surface area contributed by atoms with Crippen molar-refractivity contribution in [2.24, 2.45) is 5.92 Å². The summed E-state index contributed by atoms with van der Waals surface area (Å²) in [5, 5.41) is 0. The fourth-order valence-electron chi connectivity index (χ4n) is 2.95. The van der Waals surface area contributed by atoms with Crippen LogP contribution in [0.15, 0.2) is 134 Å². The Bertz CT molecular complexity index is 1000. The Kier molecular flexibility index (Phi) is 10.1. The molecule has 0 saturated heterocycles. The first-order chi connectivity index (χ1) is 15.2. The molecule has 1 unspecified atom stereocenters. The number of esters is 1. The molecule has 0 aliphatic carbocycles. The molecular weight excluding hydrogens is 380 g/mol. The molecule has 0 saturated carbocycles. The van der Waals surface area contributed by atoms with E-state index < -0.39 is 5.97 Å². The molecule has 0 aliphatic heterocycles. The number of ether oxygens (including phenoxy) is 1. The van der Waals surface area contributed by atoms with E-state index in [-0.39, 0.29) is 5.92 Å². The van der Waals surface area contributed by atoms with E-state index >= 15 is 0 Å². The summed E-state index contributed by atoms with van der Waals surface area (Å²) in [5.74, 6) is -0.701. The molecule has 1 atom stereocenters. The zero-order valence-corrected chi connectivity index (χ0v) is 17.9. The van der Waals surface area contributed by atoms with Crippen LogP contribution in [0.3, 0.4) is 0 Å². The third-order valence-electron chi connectivity index (χ3n) is 4.47. The van der Waals surface area contributed by atoms with Crippen molar-refractivity contribution in [2.75, 3.05) is 7.11 Å². The second kappa shape index (κ2) is 13.3. The lowest BCUT2D eigenvalue weighted by Crippen LogP contribution is -2.14. The lowest BCUT2D eigenvalue weighted by atomic mass is 9.91. The van der Waals surface area contributed by atoms with Crippen molar-refractivity contribution in [1.82, 2.24) is 0 Å². The Hall–Kier alpha value is -3.91. The van der Waals surface area contributed by atoms with Crippen molar-refractivity contribution in [3.05, 3.63) is 145 Å².